The van der Waals surface area contributed by atoms with Gasteiger partial charge in [0.05, 0.1) is 6.61 Å². The van der Waals surface area contributed by atoms with Gasteiger partial charge in [-0.2, -0.15) is 0 Å². The Kier molecular flexibility index (Phi) is 7.05. The van der Waals surface area contributed by atoms with E-state index in [1.807, 2.05) is 0 Å². The predicted molar refractivity (Wildman–Crippen MR) is 92.9 cm³/mol. The Morgan fingerprint density at radius 1 is 1.24 bits per heavy atom. The fourth-order valence-corrected chi connectivity index (χ4v) is 3.71. The molecule has 0 amide bonds. The third-order valence-electron chi connectivity index (χ3n) is 4.25. The lowest BCUT2D eigenvalue weighted by atomic mass is 9.90. The average Bonchev–Trinajstić information content (AvgIpc) is 2.47. The van der Waals surface area contributed by atoms with Crippen LogP contribution in [0.2, 0.25) is 0 Å². The second-order valence-electron chi connectivity index (χ2n) is 6.20. The molecule has 21 heavy (non-hydrogen) atoms. The summed E-state index contributed by atoms with van der Waals surface area (Å²) in [4.78, 5) is 0. The van der Waals surface area contributed by atoms with Crippen LogP contribution in [0, 0.1) is 12.8 Å². The van der Waals surface area contributed by atoms with Crippen LogP contribution in [0.1, 0.15) is 56.6 Å². The third kappa shape index (κ3) is 5.30. The summed E-state index contributed by atoms with van der Waals surface area (Å²) in [5.74, 6) is 1.84. The summed E-state index contributed by atoms with van der Waals surface area (Å²) in [6.45, 7) is 7.15. The maximum absolute atomic E-state index is 6.23. The molecular formula is C18H28BrNO. The first-order valence-electron chi connectivity index (χ1n) is 8.33. The molecule has 2 rings (SSSR count). The SMILES string of the molecule is CCCNCc1cc(Br)cc(C)c1OCC1CCCCC1. The van der Waals surface area contributed by atoms with Gasteiger partial charge in [-0.05, 0) is 56.3 Å². The number of rotatable bonds is 7. The zero-order valence-corrected chi connectivity index (χ0v) is 15.0. The molecule has 118 valence electrons. The molecule has 1 aliphatic carbocycles. The second kappa shape index (κ2) is 8.79. The lowest BCUT2D eigenvalue weighted by Crippen LogP contribution is -2.18. The van der Waals surface area contributed by atoms with Gasteiger partial charge in [-0.25, -0.2) is 0 Å². The molecule has 1 aromatic rings. The van der Waals surface area contributed by atoms with E-state index in [0.717, 1.165) is 42.3 Å². The molecule has 1 aliphatic rings. The van der Waals surface area contributed by atoms with Crippen LogP contribution in [0.4, 0.5) is 0 Å². The average molecular weight is 354 g/mol. The van der Waals surface area contributed by atoms with E-state index in [4.69, 9.17) is 4.74 Å². The van der Waals surface area contributed by atoms with Gasteiger partial charge in [-0.1, -0.05) is 42.1 Å². The zero-order valence-electron chi connectivity index (χ0n) is 13.4. The topological polar surface area (TPSA) is 21.3 Å². The summed E-state index contributed by atoms with van der Waals surface area (Å²) < 4.78 is 7.37. The van der Waals surface area contributed by atoms with Crippen molar-refractivity contribution < 1.29 is 4.74 Å². The standard InChI is InChI=1S/C18H28BrNO/c1-3-9-20-12-16-11-17(19)10-14(2)18(16)21-13-15-7-5-4-6-8-15/h10-11,15,20H,3-9,12-13H2,1-2H3. The van der Waals surface area contributed by atoms with Crippen LogP contribution in [0.25, 0.3) is 0 Å². The Morgan fingerprint density at radius 2 is 2.00 bits per heavy atom. The van der Waals surface area contributed by atoms with Crippen molar-refractivity contribution in [1.29, 1.82) is 0 Å². The number of hydrogen-bond acceptors (Lipinski definition) is 2. The summed E-state index contributed by atoms with van der Waals surface area (Å²) in [5, 5.41) is 3.48. The highest BCUT2D eigenvalue weighted by Crippen LogP contribution is 2.30. The molecular weight excluding hydrogens is 326 g/mol. The minimum Gasteiger partial charge on any atom is -0.493 e. The fraction of sp³-hybridized carbons (Fsp3) is 0.667. The molecule has 2 nitrogen and oxygen atoms in total. The Labute approximate surface area is 137 Å². The van der Waals surface area contributed by atoms with E-state index in [9.17, 15) is 0 Å². The molecule has 1 saturated carbocycles. The van der Waals surface area contributed by atoms with E-state index in [1.54, 1.807) is 0 Å². The fourth-order valence-electron chi connectivity index (χ4n) is 3.09. The number of benzene rings is 1. The van der Waals surface area contributed by atoms with Crippen LogP contribution in [0.3, 0.4) is 0 Å². The van der Waals surface area contributed by atoms with Crippen LogP contribution in [0.15, 0.2) is 16.6 Å². The molecule has 3 heteroatoms. The summed E-state index contributed by atoms with van der Waals surface area (Å²) in [7, 11) is 0. The molecule has 0 aliphatic heterocycles. The maximum atomic E-state index is 6.23. The molecule has 1 fully saturated rings. The number of ether oxygens (including phenoxy) is 1. The van der Waals surface area contributed by atoms with Crippen molar-refractivity contribution in [3.63, 3.8) is 0 Å². The van der Waals surface area contributed by atoms with E-state index >= 15 is 0 Å². The smallest absolute Gasteiger partial charge is 0.126 e. The van der Waals surface area contributed by atoms with E-state index in [2.05, 4.69) is 47.2 Å². The highest BCUT2D eigenvalue weighted by molar-refractivity contribution is 9.10. The first kappa shape index (κ1) is 16.8. The number of aryl methyl sites for hydroxylation is 1. The van der Waals surface area contributed by atoms with Crippen molar-refractivity contribution >= 4 is 15.9 Å². The maximum Gasteiger partial charge on any atom is 0.126 e. The Hall–Kier alpha value is -0.540. The van der Waals surface area contributed by atoms with Gasteiger partial charge in [0, 0.05) is 16.6 Å². The van der Waals surface area contributed by atoms with Crippen molar-refractivity contribution in [3.8, 4) is 5.75 Å². The van der Waals surface area contributed by atoms with Gasteiger partial charge >= 0.3 is 0 Å². The predicted octanol–water partition coefficient (Wildman–Crippen LogP) is 5.22. The molecule has 0 aromatic heterocycles. The molecule has 0 atom stereocenters. The number of halogens is 1. The molecule has 0 bridgehead atoms. The van der Waals surface area contributed by atoms with Crippen molar-refractivity contribution in [2.24, 2.45) is 5.92 Å². The van der Waals surface area contributed by atoms with E-state index < -0.39 is 0 Å². The van der Waals surface area contributed by atoms with Crippen molar-refractivity contribution in [1.82, 2.24) is 5.32 Å². The third-order valence-corrected chi connectivity index (χ3v) is 4.70. The molecule has 1 aromatic carbocycles. The van der Waals surface area contributed by atoms with Crippen molar-refractivity contribution in [2.45, 2.75) is 58.9 Å². The lowest BCUT2D eigenvalue weighted by Gasteiger charge is -2.23. The van der Waals surface area contributed by atoms with Gasteiger partial charge in [-0.3, -0.25) is 0 Å². The van der Waals surface area contributed by atoms with Crippen LogP contribution in [0.5, 0.6) is 5.75 Å². The molecule has 1 N–H and O–H groups in total. The molecule has 0 radical (unpaired) electrons. The summed E-state index contributed by atoms with van der Waals surface area (Å²) in [6.07, 6.45) is 7.97. The minimum absolute atomic E-state index is 0.748. The molecule has 0 spiro atoms. The molecule has 0 unspecified atom stereocenters. The number of hydrogen-bond donors (Lipinski definition) is 1. The molecule has 0 saturated heterocycles. The van der Waals surface area contributed by atoms with Crippen LogP contribution in [-0.4, -0.2) is 13.2 Å². The van der Waals surface area contributed by atoms with Crippen molar-refractivity contribution in [3.05, 3.63) is 27.7 Å². The quantitative estimate of drug-likeness (QED) is 0.678. The van der Waals surface area contributed by atoms with Crippen LogP contribution in [-0.2, 0) is 6.54 Å². The van der Waals surface area contributed by atoms with E-state index in [-0.39, 0.29) is 0 Å². The largest absolute Gasteiger partial charge is 0.493 e. The summed E-state index contributed by atoms with van der Waals surface area (Å²) in [6, 6.07) is 4.34. The zero-order chi connectivity index (χ0) is 15.1. The van der Waals surface area contributed by atoms with Gasteiger partial charge < -0.3 is 10.1 Å². The first-order valence-corrected chi connectivity index (χ1v) is 9.12. The molecule has 0 heterocycles. The van der Waals surface area contributed by atoms with Gasteiger partial charge in [0.1, 0.15) is 5.75 Å². The van der Waals surface area contributed by atoms with Crippen LogP contribution >= 0.6 is 15.9 Å². The van der Waals surface area contributed by atoms with Gasteiger partial charge in [0.15, 0.2) is 0 Å². The Balaban J connectivity index is 2.01. The summed E-state index contributed by atoms with van der Waals surface area (Å²) >= 11 is 3.60. The van der Waals surface area contributed by atoms with E-state index in [1.165, 1.54) is 43.2 Å². The van der Waals surface area contributed by atoms with E-state index in [0.29, 0.717) is 0 Å². The van der Waals surface area contributed by atoms with Gasteiger partial charge in [-0.15, -0.1) is 0 Å². The number of nitrogens with one attached hydrogen (secondary N) is 1. The highest BCUT2D eigenvalue weighted by atomic mass is 79.9. The van der Waals surface area contributed by atoms with Gasteiger partial charge in [0.25, 0.3) is 0 Å². The minimum atomic E-state index is 0.748. The monoisotopic (exact) mass is 353 g/mol. The second-order valence-corrected chi connectivity index (χ2v) is 7.12. The Bertz CT molecular complexity index is 441. The van der Waals surface area contributed by atoms with Crippen molar-refractivity contribution in [2.75, 3.05) is 13.2 Å². The van der Waals surface area contributed by atoms with Crippen LogP contribution < -0.4 is 10.1 Å². The lowest BCUT2D eigenvalue weighted by molar-refractivity contribution is 0.206. The first-order chi connectivity index (χ1) is 10.2. The normalized spacial score (nSPS) is 16.1. The Morgan fingerprint density at radius 3 is 2.71 bits per heavy atom. The summed E-state index contributed by atoms with van der Waals surface area (Å²) in [5.41, 5.74) is 2.50. The van der Waals surface area contributed by atoms with Gasteiger partial charge in [0.2, 0.25) is 0 Å². The highest BCUT2D eigenvalue weighted by Gasteiger charge is 2.16.